The van der Waals surface area contributed by atoms with E-state index < -0.39 is 5.91 Å². The second kappa shape index (κ2) is 9.57. The van der Waals surface area contributed by atoms with Crippen molar-refractivity contribution in [2.75, 3.05) is 39.5 Å². The maximum Gasteiger partial charge on any atom is 0.261 e. The summed E-state index contributed by atoms with van der Waals surface area (Å²) < 4.78 is 23.3. The molecule has 188 valence electrons. The van der Waals surface area contributed by atoms with Crippen LogP contribution in [0.2, 0.25) is 0 Å². The van der Waals surface area contributed by atoms with E-state index in [2.05, 4.69) is 5.32 Å². The maximum absolute atomic E-state index is 13.7. The average molecular weight is 500 g/mol. The number of carbonyl (C=O) groups excluding carboxylic acids is 1. The molecule has 1 amide bonds. The normalized spacial score (nSPS) is 10.9. The van der Waals surface area contributed by atoms with Crippen LogP contribution < -0.4 is 30.0 Å². The van der Waals surface area contributed by atoms with E-state index in [-0.39, 0.29) is 11.4 Å². The number of hydrogen-bond acceptors (Lipinski definition) is 8. The molecule has 2 heterocycles. The molecule has 3 N–H and O–H groups in total. The van der Waals surface area contributed by atoms with Crippen molar-refractivity contribution >= 4 is 39.6 Å². The van der Waals surface area contributed by atoms with Gasteiger partial charge in [0.15, 0.2) is 17.1 Å². The summed E-state index contributed by atoms with van der Waals surface area (Å²) in [5.74, 6) is 1.81. The lowest BCUT2D eigenvalue weighted by Gasteiger charge is -2.14. The Hall–Kier alpha value is -4.99. The first kappa shape index (κ1) is 23.7. The number of nitrogens with one attached hydrogen (secondary N) is 1. The highest BCUT2D eigenvalue weighted by Gasteiger charge is 2.27. The number of amides is 1. The Bertz CT molecular complexity index is 1650. The van der Waals surface area contributed by atoms with Crippen LogP contribution >= 0.6 is 0 Å². The summed E-state index contributed by atoms with van der Waals surface area (Å²) >= 11 is 0. The summed E-state index contributed by atoms with van der Waals surface area (Å²) in [4.78, 5) is 23.2. The number of nitrogen functional groups attached to an aromatic ring is 1. The molecule has 0 aliphatic rings. The average Bonchev–Trinajstić information content (AvgIpc) is 3.21. The second-order valence-corrected chi connectivity index (χ2v) is 8.04. The third-order valence-corrected chi connectivity index (χ3v) is 5.99. The third kappa shape index (κ3) is 4.08. The summed E-state index contributed by atoms with van der Waals surface area (Å²) in [6, 6.07) is 17.8. The van der Waals surface area contributed by atoms with Crippen molar-refractivity contribution in [1.82, 2.24) is 14.5 Å². The Balaban J connectivity index is 1.73. The molecule has 0 atom stereocenters. The van der Waals surface area contributed by atoms with Crippen molar-refractivity contribution in [2.24, 2.45) is 0 Å². The number of ether oxygens (including phenoxy) is 4. The molecule has 10 nitrogen and oxygen atoms in total. The highest BCUT2D eigenvalue weighted by atomic mass is 16.5. The zero-order valence-electron chi connectivity index (χ0n) is 20.7. The van der Waals surface area contributed by atoms with Gasteiger partial charge in [-0.1, -0.05) is 12.1 Å². The molecule has 0 fully saturated rings. The molecular weight excluding hydrogens is 474 g/mol. The highest BCUT2D eigenvalue weighted by Crippen LogP contribution is 2.37. The van der Waals surface area contributed by atoms with E-state index in [1.54, 1.807) is 62.3 Å². The van der Waals surface area contributed by atoms with Crippen LogP contribution in [0.5, 0.6) is 23.0 Å². The van der Waals surface area contributed by atoms with Crippen molar-refractivity contribution in [3.8, 4) is 28.7 Å². The summed E-state index contributed by atoms with van der Waals surface area (Å²) in [5, 5.41) is 2.89. The van der Waals surface area contributed by atoms with Crippen LogP contribution in [-0.4, -0.2) is 48.9 Å². The van der Waals surface area contributed by atoms with E-state index in [0.717, 1.165) is 0 Å². The first-order valence-corrected chi connectivity index (χ1v) is 11.3. The predicted octanol–water partition coefficient (Wildman–Crippen LogP) is 4.44. The quantitative estimate of drug-likeness (QED) is 0.337. The lowest BCUT2D eigenvalue weighted by atomic mass is 10.2. The summed E-state index contributed by atoms with van der Waals surface area (Å²) in [6.45, 7) is 0. The van der Waals surface area contributed by atoms with Crippen molar-refractivity contribution in [3.63, 3.8) is 0 Å². The van der Waals surface area contributed by atoms with Gasteiger partial charge in [0.25, 0.3) is 5.91 Å². The molecule has 0 aliphatic carbocycles. The Morgan fingerprint density at radius 3 is 2.16 bits per heavy atom. The lowest BCUT2D eigenvalue weighted by Crippen LogP contribution is -2.14. The van der Waals surface area contributed by atoms with Gasteiger partial charge < -0.3 is 30.0 Å². The molecule has 5 aromatic rings. The van der Waals surface area contributed by atoms with Crippen LogP contribution in [0.3, 0.4) is 0 Å². The maximum atomic E-state index is 13.7. The monoisotopic (exact) mass is 499 g/mol. The zero-order chi connectivity index (χ0) is 26.1. The van der Waals surface area contributed by atoms with Crippen LogP contribution in [0.15, 0.2) is 60.7 Å². The van der Waals surface area contributed by atoms with Crippen LogP contribution in [0.1, 0.15) is 10.4 Å². The standard InChI is InChI=1S/C27H25N5O5/c1-34-16-10-12-20(35-2)19(14-16)32-25(28)23(24-26(32)31-18-8-6-5-7-17(18)30-24)27(33)29-15-9-11-21(36-3)22(13-15)37-4/h5-14H,28H2,1-4H3,(H,29,33). The zero-order valence-corrected chi connectivity index (χ0v) is 20.7. The minimum Gasteiger partial charge on any atom is -0.497 e. The molecule has 0 radical (unpaired) electrons. The van der Waals surface area contributed by atoms with Gasteiger partial charge >= 0.3 is 0 Å². The summed E-state index contributed by atoms with van der Waals surface area (Å²) in [7, 11) is 6.19. The van der Waals surface area contributed by atoms with Crippen LogP contribution in [-0.2, 0) is 0 Å². The van der Waals surface area contributed by atoms with Gasteiger partial charge in [-0.3, -0.25) is 9.36 Å². The molecule has 37 heavy (non-hydrogen) atoms. The molecule has 10 heteroatoms. The highest BCUT2D eigenvalue weighted by molar-refractivity contribution is 6.16. The summed E-state index contributed by atoms with van der Waals surface area (Å²) in [5.41, 5.74) is 9.92. The van der Waals surface area contributed by atoms with Gasteiger partial charge in [0, 0.05) is 17.8 Å². The van der Waals surface area contributed by atoms with E-state index in [1.807, 2.05) is 24.3 Å². The number of nitrogens with two attached hydrogens (primary N) is 1. The van der Waals surface area contributed by atoms with Gasteiger partial charge in [0.05, 0.1) is 45.2 Å². The van der Waals surface area contributed by atoms with Crippen molar-refractivity contribution in [1.29, 1.82) is 0 Å². The van der Waals surface area contributed by atoms with E-state index in [0.29, 0.717) is 56.6 Å². The van der Waals surface area contributed by atoms with Crippen molar-refractivity contribution in [2.45, 2.75) is 0 Å². The number of aromatic nitrogens is 3. The molecule has 2 aromatic heterocycles. The number of benzene rings is 3. The molecule has 0 saturated heterocycles. The number of methoxy groups -OCH3 is 4. The molecule has 0 saturated carbocycles. The second-order valence-electron chi connectivity index (χ2n) is 8.04. The number of para-hydroxylation sites is 2. The fraction of sp³-hybridized carbons (Fsp3) is 0.148. The number of carbonyl (C=O) groups is 1. The van der Waals surface area contributed by atoms with Crippen LogP contribution in [0.25, 0.3) is 27.9 Å². The SMILES string of the molecule is COc1ccc(OC)c(-n2c(N)c(C(=O)Nc3ccc(OC)c(OC)c3)c3nc4ccccc4nc32)c1. The van der Waals surface area contributed by atoms with Crippen molar-refractivity contribution in [3.05, 3.63) is 66.2 Å². The molecule has 0 aliphatic heterocycles. The van der Waals surface area contributed by atoms with Gasteiger partial charge in [-0.25, -0.2) is 9.97 Å². The molecule has 5 rings (SSSR count). The largest absolute Gasteiger partial charge is 0.497 e. The minimum absolute atomic E-state index is 0.148. The number of hydrogen-bond donors (Lipinski definition) is 2. The Morgan fingerprint density at radius 2 is 1.49 bits per heavy atom. The molecule has 3 aromatic carbocycles. The fourth-order valence-electron chi connectivity index (χ4n) is 4.21. The lowest BCUT2D eigenvalue weighted by molar-refractivity contribution is 0.102. The first-order valence-electron chi connectivity index (χ1n) is 11.3. The molecule has 0 bridgehead atoms. The van der Waals surface area contributed by atoms with E-state index >= 15 is 0 Å². The number of anilines is 2. The van der Waals surface area contributed by atoms with Gasteiger partial charge in [-0.2, -0.15) is 0 Å². The van der Waals surface area contributed by atoms with Crippen LogP contribution in [0.4, 0.5) is 11.5 Å². The van der Waals surface area contributed by atoms with Gasteiger partial charge in [-0.15, -0.1) is 0 Å². The minimum atomic E-state index is -0.458. The Labute approximate surface area is 212 Å². The topological polar surface area (TPSA) is 123 Å². The third-order valence-electron chi connectivity index (χ3n) is 5.99. The van der Waals surface area contributed by atoms with E-state index in [1.165, 1.54) is 7.11 Å². The van der Waals surface area contributed by atoms with Gasteiger partial charge in [0.1, 0.15) is 28.4 Å². The Kier molecular flexibility index (Phi) is 6.14. The molecular formula is C27H25N5O5. The number of fused-ring (bicyclic) bond motifs is 2. The fourth-order valence-corrected chi connectivity index (χ4v) is 4.21. The van der Waals surface area contributed by atoms with Crippen molar-refractivity contribution < 1.29 is 23.7 Å². The summed E-state index contributed by atoms with van der Waals surface area (Å²) in [6.07, 6.45) is 0. The molecule has 0 unspecified atom stereocenters. The van der Waals surface area contributed by atoms with E-state index in [9.17, 15) is 4.79 Å². The number of nitrogens with zero attached hydrogens (tertiary/aromatic N) is 3. The Morgan fingerprint density at radius 1 is 0.811 bits per heavy atom. The van der Waals surface area contributed by atoms with Gasteiger partial charge in [0.2, 0.25) is 0 Å². The van der Waals surface area contributed by atoms with Crippen LogP contribution in [0, 0.1) is 0 Å². The number of rotatable bonds is 7. The van der Waals surface area contributed by atoms with E-state index in [4.69, 9.17) is 34.6 Å². The predicted molar refractivity (Wildman–Crippen MR) is 141 cm³/mol. The molecule has 0 spiro atoms. The first-order chi connectivity index (χ1) is 18.0. The van der Waals surface area contributed by atoms with Gasteiger partial charge in [-0.05, 0) is 36.4 Å². The smallest absolute Gasteiger partial charge is 0.261 e.